The lowest BCUT2D eigenvalue weighted by Gasteiger charge is -2.15. The molecule has 1 atom stereocenters. The van der Waals surface area contributed by atoms with Crippen molar-refractivity contribution in [2.75, 3.05) is 5.75 Å². The fourth-order valence-electron chi connectivity index (χ4n) is 3.14. The molecule has 7 heteroatoms. The summed E-state index contributed by atoms with van der Waals surface area (Å²) in [5.74, 6) is 0.595. The van der Waals surface area contributed by atoms with E-state index in [4.69, 9.17) is 0 Å². The lowest BCUT2D eigenvalue weighted by Crippen LogP contribution is -2.29. The van der Waals surface area contributed by atoms with Crippen LogP contribution in [0.1, 0.15) is 44.5 Å². The van der Waals surface area contributed by atoms with Crippen LogP contribution < -0.4 is 10.9 Å². The third-order valence-corrected chi connectivity index (χ3v) is 5.75. The predicted octanol–water partition coefficient (Wildman–Crippen LogP) is 4.05. The molecule has 2 N–H and O–H groups in total. The number of aromatic amines is 1. The molecular formula is C22H28N4O2S. The molecule has 3 rings (SSSR count). The van der Waals surface area contributed by atoms with E-state index in [0.29, 0.717) is 28.7 Å². The van der Waals surface area contributed by atoms with Crippen LogP contribution in [-0.2, 0) is 11.3 Å². The van der Waals surface area contributed by atoms with Crippen molar-refractivity contribution in [3.8, 4) is 0 Å². The summed E-state index contributed by atoms with van der Waals surface area (Å²) in [5, 5.41) is 3.60. The van der Waals surface area contributed by atoms with Crippen molar-refractivity contribution in [3.05, 3.63) is 58.0 Å². The summed E-state index contributed by atoms with van der Waals surface area (Å²) in [6.45, 7) is 8.71. The molecule has 0 spiro atoms. The number of carbonyl (C=O) groups excluding carboxylic acids is 1. The van der Waals surface area contributed by atoms with Gasteiger partial charge in [0.1, 0.15) is 5.52 Å². The number of hydrogen-bond donors (Lipinski definition) is 2. The van der Waals surface area contributed by atoms with Gasteiger partial charge in [0.05, 0.1) is 17.3 Å². The fourth-order valence-corrected chi connectivity index (χ4v) is 3.98. The summed E-state index contributed by atoms with van der Waals surface area (Å²) >= 11 is 1.31. The Morgan fingerprint density at radius 2 is 1.97 bits per heavy atom. The van der Waals surface area contributed by atoms with Crippen LogP contribution in [0.15, 0.2) is 46.3 Å². The standard InChI is InChI=1S/C22H28N4O2S/c1-14(2)10-11-26-21(28)20-18(12-15(3)23-20)25-22(26)29-13-19(27)24-16(4)17-8-6-5-7-9-17/h5-9,12,14,16,23H,10-11,13H2,1-4H3,(H,24,27)/t16-/m0/s1. The molecule has 0 aliphatic carbocycles. The maximum Gasteiger partial charge on any atom is 0.278 e. The number of aryl methyl sites for hydroxylation is 1. The zero-order valence-electron chi connectivity index (χ0n) is 17.4. The van der Waals surface area contributed by atoms with E-state index in [1.54, 1.807) is 4.57 Å². The molecule has 0 aliphatic rings. The molecule has 29 heavy (non-hydrogen) atoms. The summed E-state index contributed by atoms with van der Waals surface area (Å²) in [6, 6.07) is 11.6. The predicted molar refractivity (Wildman–Crippen MR) is 118 cm³/mol. The third-order valence-electron chi connectivity index (χ3n) is 4.78. The van der Waals surface area contributed by atoms with Crippen LogP contribution in [0.3, 0.4) is 0 Å². The molecule has 1 amide bonds. The Bertz CT molecular complexity index is 1040. The van der Waals surface area contributed by atoms with Gasteiger partial charge in [0.15, 0.2) is 5.16 Å². The van der Waals surface area contributed by atoms with E-state index in [9.17, 15) is 9.59 Å². The average Bonchev–Trinajstić information content (AvgIpc) is 3.07. The molecular weight excluding hydrogens is 384 g/mol. The number of H-pyrrole nitrogens is 1. The Morgan fingerprint density at radius 1 is 1.24 bits per heavy atom. The molecule has 0 bridgehead atoms. The molecule has 1 aromatic carbocycles. The van der Waals surface area contributed by atoms with Gasteiger partial charge in [-0.05, 0) is 37.8 Å². The van der Waals surface area contributed by atoms with E-state index in [1.807, 2.05) is 50.2 Å². The molecule has 6 nitrogen and oxygen atoms in total. The molecule has 0 fully saturated rings. The first-order chi connectivity index (χ1) is 13.8. The largest absolute Gasteiger partial charge is 0.353 e. The van der Waals surface area contributed by atoms with Gasteiger partial charge in [-0.3, -0.25) is 14.2 Å². The lowest BCUT2D eigenvalue weighted by atomic mass is 10.1. The number of benzene rings is 1. The van der Waals surface area contributed by atoms with E-state index >= 15 is 0 Å². The normalized spacial score (nSPS) is 12.4. The monoisotopic (exact) mass is 412 g/mol. The zero-order valence-corrected chi connectivity index (χ0v) is 18.2. The highest BCUT2D eigenvalue weighted by Gasteiger charge is 2.16. The van der Waals surface area contributed by atoms with Gasteiger partial charge in [0, 0.05) is 12.2 Å². The smallest absolute Gasteiger partial charge is 0.278 e. The van der Waals surface area contributed by atoms with Gasteiger partial charge in [-0.1, -0.05) is 55.9 Å². The Balaban J connectivity index is 1.76. The minimum absolute atomic E-state index is 0.0739. The van der Waals surface area contributed by atoms with E-state index < -0.39 is 0 Å². The summed E-state index contributed by atoms with van der Waals surface area (Å²) < 4.78 is 1.69. The van der Waals surface area contributed by atoms with Crippen molar-refractivity contribution in [1.29, 1.82) is 0 Å². The van der Waals surface area contributed by atoms with Gasteiger partial charge in [-0.15, -0.1) is 0 Å². The maximum absolute atomic E-state index is 13.0. The van der Waals surface area contributed by atoms with Gasteiger partial charge >= 0.3 is 0 Å². The SMILES string of the molecule is Cc1cc2nc(SCC(=O)N[C@@H](C)c3ccccc3)n(CCC(C)C)c(=O)c2[nH]1. The number of thioether (sulfide) groups is 1. The van der Waals surface area contributed by atoms with E-state index in [1.165, 1.54) is 11.8 Å². The second-order valence-corrected chi connectivity index (χ2v) is 8.68. The number of nitrogens with one attached hydrogen (secondary N) is 2. The van der Waals surface area contributed by atoms with E-state index in [0.717, 1.165) is 17.7 Å². The van der Waals surface area contributed by atoms with E-state index in [2.05, 4.69) is 29.1 Å². The first-order valence-corrected chi connectivity index (χ1v) is 10.9. The summed E-state index contributed by atoms with van der Waals surface area (Å²) in [5.41, 5.74) is 3.05. The number of amides is 1. The number of nitrogens with zero attached hydrogens (tertiary/aromatic N) is 2. The van der Waals surface area contributed by atoms with Crippen LogP contribution in [0, 0.1) is 12.8 Å². The van der Waals surface area contributed by atoms with Crippen LogP contribution >= 0.6 is 11.8 Å². The third kappa shape index (κ3) is 5.29. The molecule has 2 heterocycles. The molecule has 0 aliphatic heterocycles. The zero-order chi connectivity index (χ0) is 21.0. The molecule has 0 unspecified atom stereocenters. The average molecular weight is 413 g/mol. The number of rotatable bonds is 8. The summed E-state index contributed by atoms with van der Waals surface area (Å²) in [7, 11) is 0. The van der Waals surface area contributed by atoms with Gasteiger partial charge < -0.3 is 10.3 Å². The van der Waals surface area contributed by atoms with Crippen molar-refractivity contribution in [1.82, 2.24) is 19.9 Å². The van der Waals surface area contributed by atoms with Gasteiger partial charge in [0.2, 0.25) is 5.91 Å². The molecule has 2 aromatic heterocycles. The number of aromatic nitrogens is 3. The number of fused-ring (bicyclic) bond motifs is 1. The van der Waals surface area contributed by atoms with Crippen molar-refractivity contribution in [2.24, 2.45) is 5.92 Å². The van der Waals surface area contributed by atoms with Crippen molar-refractivity contribution in [2.45, 2.75) is 51.9 Å². The van der Waals surface area contributed by atoms with Crippen molar-refractivity contribution < 1.29 is 4.79 Å². The number of carbonyl (C=O) groups is 1. The highest BCUT2D eigenvalue weighted by molar-refractivity contribution is 7.99. The second kappa shape index (κ2) is 9.31. The van der Waals surface area contributed by atoms with Gasteiger partial charge in [-0.2, -0.15) is 0 Å². The quantitative estimate of drug-likeness (QED) is 0.432. The topological polar surface area (TPSA) is 79.8 Å². The first kappa shape index (κ1) is 21.2. The van der Waals surface area contributed by atoms with Gasteiger partial charge in [-0.25, -0.2) is 4.98 Å². The fraction of sp³-hybridized carbons (Fsp3) is 0.409. The Labute approximate surface area is 175 Å². The van der Waals surface area contributed by atoms with Crippen molar-refractivity contribution >= 4 is 28.7 Å². The first-order valence-electron chi connectivity index (χ1n) is 9.92. The minimum Gasteiger partial charge on any atom is -0.353 e. The molecule has 154 valence electrons. The number of hydrogen-bond acceptors (Lipinski definition) is 4. The summed E-state index contributed by atoms with van der Waals surface area (Å²) in [6.07, 6.45) is 0.873. The molecule has 0 saturated carbocycles. The van der Waals surface area contributed by atoms with Crippen LogP contribution in [-0.4, -0.2) is 26.2 Å². The Morgan fingerprint density at radius 3 is 2.66 bits per heavy atom. The second-order valence-electron chi connectivity index (χ2n) is 7.73. The van der Waals surface area contributed by atoms with Gasteiger partial charge in [0.25, 0.3) is 5.56 Å². The maximum atomic E-state index is 13.0. The lowest BCUT2D eigenvalue weighted by molar-refractivity contribution is -0.119. The Kier molecular flexibility index (Phi) is 6.79. The molecule has 0 radical (unpaired) electrons. The molecule has 3 aromatic rings. The highest BCUT2D eigenvalue weighted by atomic mass is 32.2. The van der Waals surface area contributed by atoms with Crippen LogP contribution in [0.4, 0.5) is 0 Å². The summed E-state index contributed by atoms with van der Waals surface area (Å²) in [4.78, 5) is 33.2. The van der Waals surface area contributed by atoms with Crippen molar-refractivity contribution in [3.63, 3.8) is 0 Å². The van der Waals surface area contributed by atoms with Crippen LogP contribution in [0.2, 0.25) is 0 Å². The van der Waals surface area contributed by atoms with Crippen LogP contribution in [0.25, 0.3) is 11.0 Å². The highest BCUT2D eigenvalue weighted by Crippen LogP contribution is 2.20. The van der Waals surface area contributed by atoms with Crippen LogP contribution in [0.5, 0.6) is 0 Å². The van der Waals surface area contributed by atoms with E-state index in [-0.39, 0.29) is 23.3 Å². The minimum atomic E-state index is -0.0821. The molecule has 0 saturated heterocycles. The Hall–Kier alpha value is -2.54.